The van der Waals surface area contributed by atoms with Crippen molar-refractivity contribution in [3.05, 3.63) is 64.4 Å². The predicted octanol–water partition coefficient (Wildman–Crippen LogP) is 5.08. The minimum atomic E-state index is -2.98. The van der Waals surface area contributed by atoms with Gasteiger partial charge in [0.1, 0.15) is 11.5 Å². The Hall–Kier alpha value is -3.69. The van der Waals surface area contributed by atoms with Gasteiger partial charge in [-0.1, -0.05) is 32.9 Å². The average molecular weight is 473 g/mol. The van der Waals surface area contributed by atoms with Gasteiger partial charge < -0.3 is 10.3 Å². The number of hydrogen-bond acceptors (Lipinski definition) is 4. The summed E-state index contributed by atoms with van der Waals surface area (Å²) >= 11 is 0. The first-order chi connectivity index (χ1) is 15.9. The van der Waals surface area contributed by atoms with E-state index in [2.05, 4.69) is 25.6 Å². The summed E-state index contributed by atoms with van der Waals surface area (Å²) in [7, 11) is 0. The van der Waals surface area contributed by atoms with Gasteiger partial charge in [-0.15, -0.1) is 0 Å². The predicted molar refractivity (Wildman–Crippen MR) is 122 cm³/mol. The van der Waals surface area contributed by atoms with Gasteiger partial charge in [-0.2, -0.15) is 0 Å². The second kappa shape index (κ2) is 9.66. The average Bonchev–Trinajstić information content (AvgIpc) is 3.12. The van der Waals surface area contributed by atoms with Gasteiger partial charge in [-0.05, 0) is 37.1 Å². The number of pyridine rings is 1. The number of nitrogens with one attached hydrogen (secondary N) is 3. The molecule has 2 heterocycles. The Morgan fingerprint density at radius 1 is 1.15 bits per heavy atom. The molecule has 0 aliphatic heterocycles. The van der Waals surface area contributed by atoms with Crippen molar-refractivity contribution in [1.82, 2.24) is 20.3 Å². The van der Waals surface area contributed by atoms with Crippen molar-refractivity contribution < 1.29 is 22.8 Å². The highest BCUT2D eigenvalue weighted by Gasteiger charge is 2.24. The number of rotatable bonds is 6. The molecule has 3 N–H and O–H groups in total. The minimum absolute atomic E-state index is 0.0186. The topological polar surface area (TPSA) is 99.8 Å². The van der Waals surface area contributed by atoms with E-state index in [9.17, 15) is 22.8 Å². The second-order valence-corrected chi connectivity index (χ2v) is 8.99. The number of carbonyl (C=O) groups excluding carboxylic acids is 2. The van der Waals surface area contributed by atoms with E-state index in [1.807, 2.05) is 0 Å². The highest BCUT2D eigenvalue weighted by molar-refractivity contribution is 6.04. The fourth-order valence-corrected chi connectivity index (χ4v) is 3.13. The number of nitrogens with zero attached hydrogens (tertiary/aromatic N) is 2. The second-order valence-electron chi connectivity index (χ2n) is 8.99. The summed E-state index contributed by atoms with van der Waals surface area (Å²) in [6.45, 7) is 8.58. The van der Waals surface area contributed by atoms with Gasteiger partial charge in [-0.3, -0.25) is 19.9 Å². The molecular formula is C24H26F3N5O2. The zero-order valence-corrected chi connectivity index (χ0v) is 19.5. The van der Waals surface area contributed by atoms with E-state index in [4.69, 9.17) is 0 Å². The maximum Gasteiger partial charge on any atom is 0.281 e. The molecule has 0 aliphatic rings. The Kier molecular flexibility index (Phi) is 7.09. The number of hydrogen-bond donors (Lipinski definition) is 3. The van der Waals surface area contributed by atoms with Crippen molar-refractivity contribution in [2.45, 2.75) is 47.6 Å². The molecule has 2 aromatic heterocycles. The lowest BCUT2D eigenvalue weighted by atomic mass is 9.95. The molecule has 0 unspecified atom stereocenters. The number of benzene rings is 1. The number of imidazole rings is 1. The summed E-state index contributed by atoms with van der Waals surface area (Å²) in [4.78, 5) is 35.8. The highest BCUT2D eigenvalue weighted by Crippen LogP contribution is 2.26. The third kappa shape index (κ3) is 5.62. The molecule has 0 bridgehead atoms. The fourth-order valence-electron chi connectivity index (χ4n) is 3.13. The smallest absolute Gasteiger partial charge is 0.281 e. The molecule has 0 saturated heterocycles. The van der Waals surface area contributed by atoms with E-state index in [0.717, 1.165) is 0 Å². The number of carbonyl (C=O) groups is 2. The molecule has 0 atom stereocenters. The largest absolute Gasteiger partial charge is 0.352 e. The van der Waals surface area contributed by atoms with Crippen molar-refractivity contribution in [2.24, 2.45) is 5.41 Å². The molecule has 0 saturated carbocycles. The lowest BCUT2D eigenvalue weighted by Gasteiger charge is -2.18. The maximum atomic E-state index is 14.0. The Labute approximate surface area is 195 Å². The molecule has 0 spiro atoms. The van der Waals surface area contributed by atoms with Gasteiger partial charge in [0.25, 0.3) is 12.3 Å². The molecule has 7 nitrogen and oxygen atoms in total. The van der Waals surface area contributed by atoms with Crippen LogP contribution < -0.4 is 10.6 Å². The minimum Gasteiger partial charge on any atom is -0.352 e. The van der Waals surface area contributed by atoms with Gasteiger partial charge in [0.15, 0.2) is 0 Å². The molecule has 0 aliphatic carbocycles. The zero-order chi connectivity index (χ0) is 25.2. The number of aryl methyl sites for hydroxylation is 2. The number of halogens is 3. The third-order valence-electron chi connectivity index (χ3n) is 5.12. The number of aromatic amines is 1. The Balaban J connectivity index is 1.84. The molecule has 180 valence electrons. The van der Waals surface area contributed by atoms with Crippen LogP contribution in [0.3, 0.4) is 0 Å². The van der Waals surface area contributed by atoms with E-state index >= 15 is 0 Å². The van der Waals surface area contributed by atoms with Crippen molar-refractivity contribution >= 4 is 17.8 Å². The molecule has 34 heavy (non-hydrogen) atoms. The van der Waals surface area contributed by atoms with Gasteiger partial charge in [0.2, 0.25) is 11.9 Å². The van der Waals surface area contributed by atoms with Crippen LogP contribution in [0.5, 0.6) is 0 Å². The van der Waals surface area contributed by atoms with Crippen molar-refractivity contribution in [3.8, 4) is 11.3 Å². The number of H-pyrrole nitrogens is 1. The Morgan fingerprint density at radius 2 is 1.85 bits per heavy atom. The standard InChI is InChI=1S/C24H26F3N5O2/c1-12-6-7-15(9-17(12)25)18-13(2)30-23(31-18)32-21(33)16-8-14(10-28-19(16)20(26)27)11-29-22(34)24(3,4)5/h6-10,20H,11H2,1-5H3,(H,29,34)(H2,30,31,32,33). The molecule has 0 fully saturated rings. The van der Waals surface area contributed by atoms with E-state index in [0.29, 0.717) is 28.1 Å². The summed E-state index contributed by atoms with van der Waals surface area (Å²) in [5, 5.41) is 5.16. The van der Waals surface area contributed by atoms with Crippen LogP contribution in [0.4, 0.5) is 19.1 Å². The van der Waals surface area contributed by atoms with Crippen molar-refractivity contribution in [2.75, 3.05) is 5.32 Å². The third-order valence-corrected chi connectivity index (χ3v) is 5.12. The summed E-state index contributed by atoms with van der Waals surface area (Å²) in [6, 6.07) is 5.90. The fraction of sp³-hybridized carbons (Fsp3) is 0.333. The van der Waals surface area contributed by atoms with Crippen molar-refractivity contribution in [3.63, 3.8) is 0 Å². The SMILES string of the molecule is Cc1ccc(-c2nc(NC(=O)c3cc(CNC(=O)C(C)(C)C)cnc3C(F)F)[nH]c2C)cc1F. The van der Waals surface area contributed by atoms with Crippen LogP contribution in [0.1, 0.15) is 60.1 Å². The number of amides is 2. The van der Waals surface area contributed by atoms with Crippen LogP contribution in [0, 0.1) is 25.1 Å². The lowest BCUT2D eigenvalue weighted by Crippen LogP contribution is -2.34. The summed E-state index contributed by atoms with van der Waals surface area (Å²) < 4.78 is 41.0. The van der Waals surface area contributed by atoms with Crippen LogP contribution in [0.15, 0.2) is 30.5 Å². The maximum absolute atomic E-state index is 14.0. The van der Waals surface area contributed by atoms with Crippen LogP contribution in [0.25, 0.3) is 11.3 Å². The molecule has 3 rings (SSSR count). The quantitative estimate of drug-likeness (QED) is 0.465. The van der Waals surface area contributed by atoms with Gasteiger partial charge in [-0.25, -0.2) is 18.2 Å². The molecule has 2 amide bonds. The molecule has 1 aromatic carbocycles. The first-order valence-corrected chi connectivity index (χ1v) is 10.6. The first-order valence-electron chi connectivity index (χ1n) is 10.6. The molecule has 3 aromatic rings. The van der Waals surface area contributed by atoms with E-state index in [1.54, 1.807) is 46.8 Å². The number of alkyl halides is 2. The Morgan fingerprint density at radius 3 is 2.47 bits per heavy atom. The zero-order valence-electron chi connectivity index (χ0n) is 19.5. The summed E-state index contributed by atoms with van der Waals surface area (Å²) in [5.41, 5.74) is 0.691. The Bertz CT molecular complexity index is 1230. The van der Waals surface area contributed by atoms with Gasteiger partial charge >= 0.3 is 0 Å². The highest BCUT2D eigenvalue weighted by atomic mass is 19.3. The van der Waals surface area contributed by atoms with Crippen LogP contribution in [0.2, 0.25) is 0 Å². The first kappa shape index (κ1) is 24.9. The molecular weight excluding hydrogens is 447 g/mol. The molecule has 10 heteroatoms. The number of anilines is 1. The monoisotopic (exact) mass is 473 g/mol. The lowest BCUT2D eigenvalue weighted by molar-refractivity contribution is -0.128. The summed E-state index contributed by atoms with van der Waals surface area (Å²) in [5.74, 6) is -1.46. The van der Waals surface area contributed by atoms with Crippen LogP contribution >= 0.6 is 0 Å². The van der Waals surface area contributed by atoms with E-state index in [1.165, 1.54) is 18.3 Å². The van der Waals surface area contributed by atoms with Crippen molar-refractivity contribution in [1.29, 1.82) is 0 Å². The van der Waals surface area contributed by atoms with Gasteiger partial charge in [0, 0.05) is 29.4 Å². The van der Waals surface area contributed by atoms with Gasteiger partial charge in [0.05, 0.1) is 11.3 Å². The normalized spacial score (nSPS) is 11.6. The van der Waals surface area contributed by atoms with E-state index in [-0.39, 0.29) is 24.0 Å². The van der Waals surface area contributed by atoms with Crippen LogP contribution in [-0.2, 0) is 11.3 Å². The number of aromatic nitrogens is 3. The summed E-state index contributed by atoms with van der Waals surface area (Å²) in [6.07, 6.45) is -1.79. The van der Waals surface area contributed by atoms with E-state index < -0.39 is 29.3 Å². The van der Waals surface area contributed by atoms with Crippen LogP contribution in [-0.4, -0.2) is 26.8 Å². The molecule has 0 radical (unpaired) electrons.